The third kappa shape index (κ3) is 3.41. The van der Waals surface area contributed by atoms with E-state index in [1.54, 1.807) is 11.8 Å². The zero-order chi connectivity index (χ0) is 23.3. The molecule has 10 heteroatoms. The molecule has 1 N–H and O–H groups in total. The Bertz CT molecular complexity index is 1570. The van der Waals surface area contributed by atoms with Crippen molar-refractivity contribution in [2.24, 2.45) is 7.05 Å². The number of aromatic hydroxyl groups is 1. The Morgan fingerprint density at radius 1 is 1.12 bits per heavy atom. The van der Waals surface area contributed by atoms with E-state index in [9.17, 15) is 9.90 Å². The van der Waals surface area contributed by atoms with Crippen molar-refractivity contribution in [2.45, 2.75) is 20.0 Å². The average Bonchev–Trinajstić information content (AvgIpc) is 3.40. The standard InChI is InChI=1S/C23H21ClN6O3/c1-4-29-12-16-17(26-29)10-9-15(19(16)24)20-18-21(25-23(32)28(2)22(18)31)27-30(20)11-13-5-7-14(33-3)8-6-13/h5-10,12H,4,11H2,1-3H3,(H,25,27,32). The highest BCUT2D eigenvalue weighted by Crippen LogP contribution is 2.37. The zero-order valence-corrected chi connectivity index (χ0v) is 19.0. The van der Waals surface area contributed by atoms with Gasteiger partial charge in [0.25, 0.3) is 11.6 Å². The SMILES string of the molecule is CCn1cc2c(Cl)c(-c3c4c(=O)n(C)c(O)nc4nn3Cc3ccc(OC)cc3)ccc2n1. The maximum atomic E-state index is 13.2. The summed E-state index contributed by atoms with van der Waals surface area (Å²) >= 11 is 6.85. The normalized spacial score (nSPS) is 11.5. The lowest BCUT2D eigenvalue weighted by atomic mass is 10.1. The molecule has 33 heavy (non-hydrogen) atoms. The maximum Gasteiger partial charge on any atom is 0.298 e. The Morgan fingerprint density at radius 3 is 2.58 bits per heavy atom. The smallest absolute Gasteiger partial charge is 0.298 e. The number of halogens is 1. The summed E-state index contributed by atoms with van der Waals surface area (Å²) in [7, 11) is 3.07. The Kier molecular flexibility index (Phi) is 5.05. The fraction of sp³-hybridized carbons (Fsp3) is 0.217. The van der Waals surface area contributed by atoms with Crippen LogP contribution in [0.1, 0.15) is 12.5 Å². The number of hydrogen-bond acceptors (Lipinski definition) is 6. The van der Waals surface area contributed by atoms with Crippen molar-refractivity contribution in [2.75, 3.05) is 7.11 Å². The molecule has 0 aliphatic heterocycles. The van der Waals surface area contributed by atoms with Crippen LogP contribution in [0.15, 0.2) is 47.4 Å². The number of nitrogens with zero attached hydrogens (tertiary/aromatic N) is 6. The van der Waals surface area contributed by atoms with Crippen LogP contribution in [0.2, 0.25) is 5.02 Å². The number of ether oxygens (including phenoxy) is 1. The van der Waals surface area contributed by atoms with Crippen LogP contribution >= 0.6 is 11.6 Å². The quantitative estimate of drug-likeness (QED) is 0.426. The van der Waals surface area contributed by atoms with Gasteiger partial charge in [-0.1, -0.05) is 23.7 Å². The van der Waals surface area contributed by atoms with Gasteiger partial charge in [-0.15, -0.1) is 0 Å². The molecule has 0 aliphatic rings. The van der Waals surface area contributed by atoms with Crippen molar-refractivity contribution in [1.29, 1.82) is 0 Å². The fourth-order valence-corrected chi connectivity index (χ4v) is 4.20. The van der Waals surface area contributed by atoms with Crippen LogP contribution in [0, 0.1) is 0 Å². The lowest BCUT2D eigenvalue weighted by molar-refractivity contribution is 0.402. The number of benzene rings is 2. The van der Waals surface area contributed by atoms with Gasteiger partial charge in [-0.2, -0.15) is 15.2 Å². The number of aryl methyl sites for hydroxylation is 1. The van der Waals surface area contributed by atoms with Crippen LogP contribution in [0.3, 0.4) is 0 Å². The van der Waals surface area contributed by atoms with E-state index >= 15 is 0 Å². The molecule has 5 rings (SSSR count). The molecule has 0 unspecified atom stereocenters. The molecule has 5 aromatic rings. The second kappa shape index (κ2) is 7.93. The molecule has 168 valence electrons. The van der Waals surface area contributed by atoms with E-state index in [2.05, 4.69) is 15.2 Å². The van der Waals surface area contributed by atoms with Gasteiger partial charge in [0.15, 0.2) is 5.65 Å². The largest absolute Gasteiger partial charge is 0.497 e. The van der Waals surface area contributed by atoms with Gasteiger partial charge in [-0.05, 0) is 36.8 Å². The highest BCUT2D eigenvalue weighted by molar-refractivity contribution is 6.38. The number of aromatic nitrogens is 6. The summed E-state index contributed by atoms with van der Waals surface area (Å²) in [6.07, 6.45) is 1.88. The van der Waals surface area contributed by atoms with Gasteiger partial charge in [0, 0.05) is 30.7 Å². The van der Waals surface area contributed by atoms with E-state index in [0.717, 1.165) is 26.8 Å². The topological polar surface area (TPSA) is 100.0 Å². The molecule has 0 radical (unpaired) electrons. The predicted octanol–water partition coefficient (Wildman–Crippen LogP) is 3.58. The van der Waals surface area contributed by atoms with Crippen LogP contribution in [-0.2, 0) is 20.1 Å². The van der Waals surface area contributed by atoms with E-state index in [0.29, 0.717) is 29.4 Å². The lowest BCUT2D eigenvalue weighted by Crippen LogP contribution is -2.17. The summed E-state index contributed by atoms with van der Waals surface area (Å²) in [5.41, 5.74) is 2.63. The first-order valence-corrected chi connectivity index (χ1v) is 10.7. The molecule has 0 amide bonds. The third-order valence-electron chi connectivity index (χ3n) is 5.70. The number of methoxy groups -OCH3 is 1. The van der Waals surface area contributed by atoms with Crippen LogP contribution in [0.4, 0.5) is 0 Å². The molecule has 0 atom stereocenters. The second-order valence-corrected chi connectivity index (χ2v) is 8.05. The molecule has 3 heterocycles. The maximum absolute atomic E-state index is 13.2. The summed E-state index contributed by atoms with van der Waals surface area (Å²) in [6, 6.07) is 10.9. The van der Waals surface area contributed by atoms with Gasteiger partial charge < -0.3 is 9.84 Å². The number of rotatable bonds is 5. The fourth-order valence-electron chi connectivity index (χ4n) is 3.90. The summed E-state index contributed by atoms with van der Waals surface area (Å²) in [5, 5.41) is 20.7. The second-order valence-electron chi connectivity index (χ2n) is 7.67. The highest BCUT2D eigenvalue weighted by atomic mass is 35.5. The Hall–Kier alpha value is -3.85. The molecule has 2 aromatic carbocycles. The van der Waals surface area contributed by atoms with Gasteiger partial charge in [0.05, 0.1) is 29.9 Å². The van der Waals surface area contributed by atoms with Gasteiger partial charge in [0.1, 0.15) is 11.1 Å². The van der Waals surface area contributed by atoms with Crippen molar-refractivity contribution in [1.82, 2.24) is 29.1 Å². The molecule has 9 nitrogen and oxygen atoms in total. The Labute approximate surface area is 193 Å². The van der Waals surface area contributed by atoms with Crippen LogP contribution in [-0.4, -0.2) is 41.3 Å². The zero-order valence-electron chi connectivity index (χ0n) is 18.3. The predicted molar refractivity (Wildman–Crippen MR) is 126 cm³/mol. The van der Waals surface area contributed by atoms with Gasteiger partial charge >= 0.3 is 0 Å². The molecule has 0 saturated carbocycles. The molecule has 0 aliphatic carbocycles. The van der Waals surface area contributed by atoms with E-state index < -0.39 is 11.6 Å². The van der Waals surface area contributed by atoms with Crippen molar-refractivity contribution < 1.29 is 9.84 Å². The third-order valence-corrected chi connectivity index (χ3v) is 6.11. The Morgan fingerprint density at radius 2 is 1.88 bits per heavy atom. The van der Waals surface area contributed by atoms with Crippen molar-refractivity contribution in [3.05, 3.63) is 63.5 Å². The minimum atomic E-state index is -0.408. The minimum absolute atomic E-state index is 0.152. The average molecular weight is 465 g/mol. The van der Waals surface area contributed by atoms with Crippen molar-refractivity contribution in [3.8, 4) is 23.0 Å². The van der Waals surface area contributed by atoms with Crippen LogP contribution in [0.5, 0.6) is 11.8 Å². The molecular formula is C23H21ClN6O3. The number of fused-ring (bicyclic) bond motifs is 2. The molecule has 0 fully saturated rings. The van der Waals surface area contributed by atoms with Crippen molar-refractivity contribution in [3.63, 3.8) is 0 Å². The molecule has 3 aromatic heterocycles. The van der Waals surface area contributed by atoms with E-state index in [1.807, 2.05) is 54.2 Å². The lowest BCUT2D eigenvalue weighted by Gasteiger charge is -2.11. The van der Waals surface area contributed by atoms with Crippen LogP contribution < -0.4 is 10.3 Å². The van der Waals surface area contributed by atoms with E-state index in [1.165, 1.54) is 7.05 Å². The summed E-state index contributed by atoms with van der Waals surface area (Å²) in [6.45, 7) is 3.07. The molecular weight excluding hydrogens is 444 g/mol. The van der Waals surface area contributed by atoms with Gasteiger partial charge in [-0.3, -0.25) is 18.7 Å². The first-order valence-electron chi connectivity index (χ1n) is 10.4. The summed E-state index contributed by atoms with van der Waals surface area (Å²) in [4.78, 5) is 17.3. The minimum Gasteiger partial charge on any atom is -0.497 e. The van der Waals surface area contributed by atoms with Crippen molar-refractivity contribution >= 4 is 33.5 Å². The summed E-state index contributed by atoms with van der Waals surface area (Å²) < 4.78 is 9.83. The first kappa shape index (κ1) is 21.0. The first-order chi connectivity index (χ1) is 15.9. The monoisotopic (exact) mass is 464 g/mol. The molecule has 0 saturated heterocycles. The highest BCUT2D eigenvalue weighted by Gasteiger charge is 2.23. The number of hydrogen-bond donors (Lipinski definition) is 1. The van der Waals surface area contributed by atoms with E-state index in [-0.39, 0.29) is 11.0 Å². The van der Waals surface area contributed by atoms with Crippen LogP contribution in [0.25, 0.3) is 33.2 Å². The summed E-state index contributed by atoms with van der Waals surface area (Å²) in [5.74, 6) is 0.742. The van der Waals surface area contributed by atoms with E-state index in [4.69, 9.17) is 16.3 Å². The van der Waals surface area contributed by atoms with Gasteiger partial charge in [0.2, 0.25) is 0 Å². The Balaban J connectivity index is 1.78. The molecule has 0 spiro atoms. The van der Waals surface area contributed by atoms with Gasteiger partial charge in [-0.25, -0.2) is 0 Å². The molecule has 0 bridgehead atoms.